The van der Waals surface area contributed by atoms with Crippen molar-refractivity contribution in [2.24, 2.45) is 11.8 Å². The molecule has 2 aromatic rings. The third-order valence-corrected chi connectivity index (χ3v) is 7.22. The normalized spacial score (nSPS) is 24.2. The molecule has 0 spiro atoms. The van der Waals surface area contributed by atoms with Crippen LogP contribution in [-0.4, -0.2) is 34.0 Å². The lowest BCUT2D eigenvalue weighted by Gasteiger charge is -2.46. The lowest BCUT2D eigenvalue weighted by molar-refractivity contribution is -0.162. The maximum absolute atomic E-state index is 13.0. The van der Waals surface area contributed by atoms with Crippen LogP contribution in [0.15, 0.2) is 81.1 Å². The van der Waals surface area contributed by atoms with Gasteiger partial charge in [-0.1, -0.05) is 55.1 Å². The van der Waals surface area contributed by atoms with Crippen LogP contribution >= 0.6 is 23.8 Å². The third-order valence-electron chi connectivity index (χ3n) is 5.23. The molecule has 1 amide bonds. The van der Waals surface area contributed by atoms with Gasteiger partial charge < -0.3 is 14.2 Å². The van der Waals surface area contributed by atoms with E-state index in [0.717, 1.165) is 26.7 Å². The summed E-state index contributed by atoms with van der Waals surface area (Å²) in [6.07, 6.45) is -0.761. The van der Waals surface area contributed by atoms with Crippen LogP contribution in [0.25, 0.3) is 0 Å². The van der Waals surface area contributed by atoms with Crippen LogP contribution < -0.4 is 0 Å². The van der Waals surface area contributed by atoms with Gasteiger partial charge in [-0.2, -0.15) is 0 Å². The number of carbonyl (C=O) groups is 2. The molecular weight excluding hydrogens is 406 g/mol. The van der Waals surface area contributed by atoms with Crippen LogP contribution in [0.3, 0.4) is 0 Å². The zero-order valence-corrected chi connectivity index (χ0v) is 17.7. The number of benzene rings is 2. The zero-order valence-electron chi connectivity index (χ0n) is 16.0. The van der Waals surface area contributed by atoms with Crippen molar-refractivity contribution in [3.8, 4) is 0 Å². The summed E-state index contributed by atoms with van der Waals surface area (Å²) in [5, 5.41) is 10.1. The molecule has 1 saturated heterocycles. The van der Waals surface area contributed by atoms with Gasteiger partial charge in [-0.15, -0.1) is 0 Å². The topological polar surface area (TPSA) is 66.8 Å². The summed E-state index contributed by atoms with van der Waals surface area (Å²) in [6, 6.07) is 18.8. The van der Waals surface area contributed by atoms with Gasteiger partial charge in [0.25, 0.3) is 0 Å². The summed E-state index contributed by atoms with van der Waals surface area (Å²) >= 11 is 2.46. The van der Waals surface area contributed by atoms with Crippen LogP contribution in [0, 0.1) is 11.8 Å². The van der Waals surface area contributed by atoms with E-state index >= 15 is 0 Å². The molecule has 2 aliphatic heterocycles. The average molecular weight is 428 g/mol. The number of thioether (sulfide) groups is 1. The number of hydrogen-bond donors (Lipinski definition) is 1. The molecule has 1 N–H and O–H groups in total. The Morgan fingerprint density at radius 1 is 1.07 bits per heavy atom. The Balaban J connectivity index is 1.63. The highest BCUT2D eigenvalue weighted by Gasteiger charge is 2.60. The lowest BCUT2D eigenvalue weighted by Crippen LogP contribution is -2.63. The van der Waals surface area contributed by atoms with E-state index in [2.05, 4.69) is 0 Å². The van der Waals surface area contributed by atoms with Gasteiger partial charge in [0.05, 0.1) is 30.1 Å². The van der Waals surface area contributed by atoms with Gasteiger partial charge in [0.2, 0.25) is 5.91 Å². The second-order valence-electron chi connectivity index (χ2n) is 7.15. The molecule has 4 atom stereocenters. The summed E-state index contributed by atoms with van der Waals surface area (Å²) in [5.74, 6) is -1.33. The first-order valence-electron chi connectivity index (χ1n) is 9.41. The Kier molecular flexibility index (Phi) is 5.72. The van der Waals surface area contributed by atoms with Crippen LogP contribution in [0.4, 0.5) is 0 Å². The number of aliphatic hydroxyl groups is 1. The van der Waals surface area contributed by atoms with E-state index in [-0.39, 0.29) is 17.9 Å². The number of hydrogen-bond acceptors (Lipinski definition) is 6. The van der Waals surface area contributed by atoms with Crippen molar-refractivity contribution in [3.05, 3.63) is 71.3 Å². The minimum absolute atomic E-state index is 0.0678. The van der Waals surface area contributed by atoms with E-state index in [9.17, 15) is 14.7 Å². The van der Waals surface area contributed by atoms with Crippen molar-refractivity contribution in [1.82, 2.24) is 4.90 Å². The van der Waals surface area contributed by atoms with Crippen molar-refractivity contribution in [3.63, 3.8) is 0 Å². The first kappa shape index (κ1) is 20.1. The minimum atomic E-state index is -0.761. The third kappa shape index (κ3) is 3.70. The fraction of sp³-hybridized carbons (Fsp3) is 0.273. The Morgan fingerprint density at radius 3 is 2.24 bits per heavy atom. The summed E-state index contributed by atoms with van der Waals surface area (Å²) in [5.41, 5.74) is 0.293. The van der Waals surface area contributed by atoms with Crippen LogP contribution in [0.2, 0.25) is 0 Å². The molecule has 1 unspecified atom stereocenters. The molecule has 150 valence electrons. The van der Waals surface area contributed by atoms with E-state index in [1.165, 1.54) is 16.7 Å². The molecule has 0 radical (unpaired) electrons. The van der Waals surface area contributed by atoms with Gasteiger partial charge in [0, 0.05) is 20.6 Å². The monoisotopic (exact) mass is 427 g/mol. The largest absolute Gasteiger partial charge is 0.393 e. The molecule has 0 saturated carbocycles. The van der Waals surface area contributed by atoms with Gasteiger partial charge in [-0.25, -0.2) is 4.79 Å². The molecule has 2 aliphatic rings. The average Bonchev–Trinajstić information content (AvgIpc) is 2.96. The minimum Gasteiger partial charge on any atom is -0.393 e. The van der Waals surface area contributed by atoms with E-state index in [1.54, 1.807) is 6.92 Å². The Morgan fingerprint density at radius 2 is 1.66 bits per heavy atom. The van der Waals surface area contributed by atoms with E-state index in [0.29, 0.717) is 5.70 Å². The van der Waals surface area contributed by atoms with Crippen LogP contribution in [0.5, 0.6) is 0 Å². The lowest BCUT2D eigenvalue weighted by atomic mass is 9.79. The van der Waals surface area contributed by atoms with Gasteiger partial charge in [-0.05, 0) is 31.2 Å². The van der Waals surface area contributed by atoms with Crippen LogP contribution in [-0.2, 0) is 13.8 Å². The summed E-state index contributed by atoms with van der Waals surface area (Å²) < 4.78 is 5.48. The highest BCUT2D eigenvalue weighted by Crippen LogP contribution is 2.52. The number of rotatable bonds is 6. The highest BCUT2D eigenvalue weighted by molar-refractivity contribution is 8.03. The summed E-state index contributed by atoms with van der Waals surface area (Å²) in [6.45, 7) is 3.62. The van der Waals surface area contributed by atoms with Crippen molar-refractivity contribution >= 4 is 35.7 Å². The number of nitrogens with zero attached hydrogens (tertiary/aromatic N) is 1. The van der Waals surface area contributed by atoms with E-state index < -0.39 is 18.0 Å². The summed E-state index contributed by atoms with van der Waals surface area (Å²) in [7, 11) is 0. The molecule has 0 aliphatic carbocycles. The quantitative estimate of drug-likeness (QED) is 0.553. The SMILES string of the molecule is CC(O)[C@@H]1C(=O)N2C(C(=O)OSc3ccccc3)=C(Sc3ccccc3)[C@H](C)[C@@H]12. The Hall–Kier alpha value is -2.22. The predicted octanol–water partition coefficient (Wildman–Crippen LogP) is 4.10. The van der Waals surface area contributed by atoms with Gasteiger partial charge >= 0.3 is 5.97 Å². The maximum atomic E-state index is 13.0. The molecule has 1 fully saturated rings. The van der Waals surface area contributed by atoms with Crippen LogP contribution in [0.1, 0.15) is 13.8 Å². The molecule has 2 heterocycles. The molecular formula is C22H21NO4S2. The Bertz CT molecular complexity index is 946. The Labute approximate surface area is 178 Å². The molecule has 5 nitrogen and oxygen atoms in total. The number of aliphatic hydroxyl groups excluding tert-OH is 1. The van der Waals surface area contributed by atoms with Crippen molar-refractivity contribution in [2.75, 3.05) is 0 Å². The predicted molar refractivity (Wildman–Crippen MR) is 113 cm³/mol. The second-order valence-corrected chi connectivity index (χ2v) is 9.07. The first-order chi connectivity index (χ1) is 14.0. The molecule has 4 rings (SSSR count). The van der Waals surface area contributed by atoms with E-state index in [4.69, 9.17) is 4.18 Å². The molecule has 0 bridgehead atoms. The van der Waals surface area contributed by atoms with E-state index in [1.807, 2.05) is 67.6 Å². The van der Waals surface area contributed by atoms with Crippen molar-refractivity contribution in [2.45, 2.75) is 35.8 Å². The first-order valence-corrected chi connectivity index (χ1v) is 11.0. The molecule has 29 heavy (non-hydrogen) atoms. The molecule has 7 heteroatoms. The summed E-state index contributed by atoms with van der Waals surface area (Å²) in [4.78, 5) is 29.8. The number of carbonyl (C=O) groups excluding carboxylic acids is 2. The van der Waals surface area contributed by atoms with Gasteiger partial charge in [0.1, 0.15) is 5.70 Å². The number of β-lactam (4-membered cyclic amide) rings is 1. The van der Waals surface area contributed by atoms with Gasteiger partial charge in [-0.3, -0.25) is 4.79 Å². The molecule has 2 aromatic carbocycles. The van der Waals surface area contributed by atoms with Gasteiger partial charge in [0.15, 0.2) is 0 Å². The molecule has 0 aromatic heterocycles. The second kappa shape index (κ2) is 8.26. The number of amides is 1. The smallest absolute Gasteiger partial charge is 0.368 e. The zero-order chi connectivity index (χ0) is 20.5. The maximum Gasteiger partial charge on any atom is 0.368 e. The standard InChI is InChI=1S/C22H21NO4S2/c1-13-18-17(14(2)24)21(25)23(18)19(20(13)28-15-9-5-3-6-10-15)22(26)27-29-16-11-7-4-8-12-16/h3-14,17-18,24H,1-2H3/t13-,14?,17+,18+/m1/s1. The van der Waals surface area contributed by atoms with Crippen molar-refractivity contribution < 1.29 is 18.9 Å². The fourth-order valence-corrected chi connectivity index (χ4v) is 5.53. The fourth-order valence-electron chi connectivity index (χ4n) is 3.86. The highest BCUT2D eigenvalue weighted by atomic mass is 32.2. The van der Waals surface area contributed by atoms with Crippen molar-refractivity contribution in [1.29, 1.82) is 0 Å². The number of fused-ring (bicyclic) bond motifs is 1.